The maximum absolute atomic E-state index is 13.3. The molecule has 4 rings (SSSR count). The fraction of sp³-hybridized carbons (Fsp3) is 0.192. The Morgan fingerprint density at radius 1 is 1.00 bits per heavy atom. The monoisotopic (exact) mass is 459 g/mol. The number of hydrogen-bond acceptors (Lipinski definition) is 5. The molecule has 3 aromatic carbocycles. The van der Waals surface area contributed by atoms with Gasteiger partial charge in [0, 0.05) is 6.54 Å². The molecule has 0 spiro atoms. The number of nitrogens with zero attached hydrogens (tertiary/aromatic N) is 2. The van der Waals surface area contributed by atoms with Crippen LogP contribution in [-0.2, 0) is 17.9 Å². The number of para-hydroxylation sites is 1. The van der Waals surface area contributed by atoms with Crippen LogP contribution in [0, 0.1) is 0 Å². The fourth-order valence-corrected chi connectivity index (χ4v) is 4.36. The second-order valence-corrected chi connectivity index (χ2v) is 8.92. The van der Waals surface area contributed by atoms with Gasteiger partial charge in [-0.2, -0.15) is 0 Å². The number of rotatable bonds is 8. The number of thioether (sulfide) groups is 1. The van der Waals surface area contributed by atoms with Crippen molar-refractivity contribution in [1.29, 1.82) is 0 Å². The Morgan fingerprint density at radius 2 is 1.70 bits per heavy atom. The number of amides is 1. The van der Waals surface area contributed by atoms with E-state index < -0.39 is 5.25 Å². The van der Waals surface area contributed by atoms with Crippen LogP contribution in [-0.4, -0.2) is 27.8 Å². The lowest BCUT2D eigenvalue weighted by molar-refractivity contribution is -0.120. The zero-order valence-corrected chi connectivity index (χ0v) is 19.3. The molecule has 168 valence electrons. The number of benzene rings is 3. The molecule has 6 nitrogen and oxygen atoms in total. The first kappa shape index (κ1) is 22.6. The number of aromatic nitrogens is 2. The molecule has 7 heteroatoms. The maximum Gasteiger partial charge on any atom is 0.262 e. The van der Waals surface area contributed by atoms with E-state index in [0.29, 0.717) is 29.1 Å². The number of nitrogens with one attached hydrogen (secondary N) is 1. The summed E-state index contributed by atoms with van der Waals surface area (Å²) in [5.74, 6) is 0.642. The summed E-state index contributed by atoms with van der Waals surface area (Å²) in [6.07, 6.45) is 0. The molecule has 1 amide bonds. The highest BCUT2D eigenvalue weighted by molar-refractivity contribution is 8.00. The summed E-state index contributed by atoms with van der Waals surface area (Å²) in [6, 6.07) is 24.6. The van der Waals surface area contributed by atoms with Crippen molar-refractivity contribution in [2.45, 2.75) is 30.4 Å². The van der Waals surface area contributed by atoms with E-state index >= 15 is 0 Å². The first-order valence-corrected chi connectivity index (χ1v) is 11.5. The lowest BCUT2D eigenvalue weighted by atomic mass is 10.2. The van der Waals surface area contributed by atoms with E-state index in [2.05, 4.69) is 5.32 Å². The molecule has 0 radical (unpaired) electrons. The molecule has 0 aliphatic heterocycles. The molecule has 0 bridgehead atoms. The van der Waals surface area contributed by atoms with E-state index in [-0.39, 0.29) is 11.5 Å². The minimum Gasteiger partial charge on any atom is -0.497 e. The van der Waals surface area contributed by atoms with E-state index in [9.17, 15) is 9.59 Å². The van der Waals surface area contributed by atoms with Gasteiger partial charge in [0.2, 0.25) is 5.91 Å². The summed E-state index contributed by atoms with van der Waals surface area (Å²) >= 11 is 1.28. The van der Waals surface area contributed by atoms with E-state index in [1.807, 2.05) is 79.7 Å². The van der Waals surface area contributed by atoms with E-state index in [1.165, 1.54) is 11.8 Å². The normalized spacial score (nSPS) is 11.8. The van der Waals surface area contributed by atoms with Gasteiger partial charge in [-0.25, -0.2) is 4.98 Å². The second kappa shape index (κ2) is 10.4. The Hall–Kier alpha value is -3.58. The van der Waals surface area contributed by atoms with Crippen LogP contribution in [0.2, 0.25) is 0 Å². The van der Waals surface area contributed by atoms with E-state index in [0.717, 1.165) is 16.9 Å². The van der Waals surface area contributed by atoms with Crippen molar-refractivity contribution in [3.63, 3.8) is 0 Å². The van der Waals surface area contributed by atoms with Crippen LogP contribution in [0.1, 0.15) is 18.1 Å². The van der Waals surface area contributed by atoms with E-state index in [1.54, 1.807) is 17.7 Å². The van der Waals surface area contributed by atoms with Gasteiger partial charge in [-0.15, -0.1) is 0 Å². The minimum absolute atomic E-state index is 0.109. The van der Waals surface area contributed by atoms with Crippen LogP contribution >= 0.6 is 11.8 Å². The summed E-state index contributed by atoms with van der Waals surface area (Å²) in [4.78, 5) is 30.8. The van der Waals surface area contributed by atoms with Gasteiger partial charge in [0.25, 0.3) is 5.56 Å². The van der Waals surface area contributed by atoms with Crippen LogP contribution in [0.4, 0.5) is 0 Å². The number of carbonyl (C=O) groups is 1. The molecule has 1 N–H and O–H groups in total. The average Bonchev–Trinajstić information content (AvgIpc) is 2.86. The standard InChI is InChI=1S/C26H25N3O3S/c1-18(24(30)27-16-19-8-4-3-5-9-19)33-26-28-23-11-7-6-10-22(23)25(31)29(26)17-20-12-14-21(32-2)15-13-20/h3-15,18H,16-17H2,1-2H3,(H,27,30). The zero-order valence-electron chi connectivity index (χ0n) is 18.5. The molecule has 1 atom stereocenters. The van der Waals surface area contributed by atoms with Gasteiger partial charge in [0.15, 0.2) is 5.16 Å². The third-order valence-electron chi connectivity index (χ3n) is 5.29. The zero-order chi connectivity index (χ0) is 23.2. The molecule has 1 heterocycles. The van der Waals surface area contributed by atoms with Crippen molar-refractivity contribution in [2.75, 3.05) is 7.11 Å². The molecular formula is C26H25N3O3S. The second-order valence-electron chi connectivity index (χ2n) is 7.61. The van der Waals surface area contributed by atoms with Crippen molar-refractivity contribution in [1.82, 2.24) is 14.9 Å². The third-order valence-corrected chi connectivity index (χ3v) is 6.38. The highest BCUT2D eigenvalue weighted by Crippen LogP contribution is 2.24. The van der Waals surface area contributed by atoms with Gasteiger partial charge >= 0.3 is 0 Å². The molecule has 0 fully saturated rings. The smallest absolute Gasteiger partial charge is 0.262 e. The lowest BCUT2D eigenvalue weighted by Gasteiger charge is -2.17. The van der Waals surface area contributed by atoms with Gasteiger partial charge in [0.1, 0.15) is 5.75 Å². The van der Waals surface area contributed by atoms with Crippen molar-refractivity contribution in [3.05, 3.63) is 100 Å². The Balaban J connectivity index is 1.60. The predicted molar refractivity (Wildman–Crippen MR) is 132 cm³/mol. The highest BCUT2D eigenvalue weighted by atomic mass is 32.2. The van der Waals surface area contributed by atoms with Crippen molar-refractivity contribution in [2.24, 2.45) is 0 Å². The summed E-state index contributed by atoms with van der Waals surface area (Å²) in [5, 5.41) is 3.60. The van der Waals surface area contributed by atoms with Crippen LogP contribution in [0.3, 0.4) is 0 Å². The number of ether oxygens (including phenoxy) is 1. The largest absolute Gasteiger partial charge is 0.497 e. The molecule has 0 aliphatic carbocycles. The Kier molecular flexibility index (Phi) is 7.10. The number of methoxy groups -OCH3 is 1. The van der Waals surface area contributed by atoms with Gasteiger partial charge in [-0.3, -0.25) is 14.2 Å². The summed E-state index contributed by atoms with van der Waals surface area (Å²) in [5.41, 5.74) is 2.46. The van der Waals surface area contributed by atoms with Crippen molar-refractivity contribution >= 4 is 28.6 Å². The van der Waals surface area contributed by atoms with Crippen LogP contribution < -0.4 is 15.6 Å². The average molecular weight is 460 g/mol. The molecular weight excluding hydrogens is 434 g/mol. The minimum atomic E-state index is -0.427. The third kappa shape index (κ3) is 5.43. The summed E-state index contributed by atoms with van der Waals surface area (Å²) in [7, 11) is 1.62. The Labute approximate surface area is 196 Å². The predicted octanol–water partition coefficient (Wildman–Crippen LogP) is 4.25. The molecule has 0 saturated carbocycles. The lowest BCUT2D eigenvalue weighted by Crippen LogP contribution is -2.31. The van der Waals surface area contributed by atoms with Crippen molar-refractivity contribution in [3.8, 4) is 5.75 Å². The van der Waals surface area contributed by atoms with Gasteiger partial charge < -0.3 is 10.1 Å². The maximum atomic E-state index is 13.3. The quantitative estimate of drug-likeness (QED) is 0.315. The molecule has 1 unspecified atom stereocenters. The molecule has 1 aromatic heterocycles. The van der Waals surface area contributed by atoms with Gasteiger partial charge in [-0.1, -0.05) is 66.4 Å². The SMILES string of the molecule is COc1ccc(Cn2c(SC(C)C(=O)NCc3ccccc3)nc3ccccc3c2=O)cc1. The van der Waals surface area contributed by atoms with Crippen LogP contribution in [0.5, 0.6) is 5.75 Å². The topological polar surface area (TPSA) is 73.2 Å². The Morgan fingerprint density at radius 3 is 2.42 bits per heavy atom. The number of fused-ring (bicyclic) bond motifs is 1. The molecule has 0 saturated heterocycles. The number of hydrogen-bond donors (Lipinski definition) is 1. The molecule has 0 aliphatic rings. The van der Waals surface area contributed by atoms with E-state index in [4.69, 9.17) is 9.72 Å². The van der Waals surface area contributed by atoms with Crippen LogP contribution in [0.25, 0.3) is 10.9 Å². The molecule has 33 heavy (non-hydrogen) atoms. The fourth-order valence-electron chi connectivity index (χ4n) is 3.43. The van der Waals surface area contributed by atoms with Crippen LogP contribution in [0.15, 0.2) is 88.8 Å². The summed E-state index contributed by atoms with van der Waals surface area (Å²) in [6.45, 7) is 2.62. The first-order valence-electron chi connectivity index (χ1n) is 10.7. The number of carbonyl (C=O) groups excluding carboxylic acids is 1. The first-order chi connectivity index (χ1) is 16.0. The van der Waals surface area contributed by atoms with Gasteiger partial charge in [0.05, 0.1) is 29.8 Å². The molecule has 4 aromatic rings. The highest BCUT2D eigenvalue weighted by Gasteiger charge is 2.19. The van der Waals surface area contributed by atoms with Crippen molar-refractivity contribution < 1.29 is 9.53 Å². The summed E-state index contributed by atoms with van der Waals surface area (Å²) < 4.78 is 6.86. The Bertz CT molecular complexity index is 1300. The van der Waals surface area contributed by atoms with Gasteiger partial charge in [-0.05, 0) is 42.3 Å².